The Morgan fingerprint density at radius 3 is 2.17 bits per heavy atom. The average molecular weight is 402 g/mol. The topological polar surface area (TPSA) is 75.7 Å². The first-order valence-electron chi connectivity index (χ1n) is 9.37. The summed E-state index contributed by atoms with van der Waals surface area (Å²) in [6.45, 7) is 0.489. The molecule has 152 valence electrons. The predicted molar refractivity (Wildman–Crippen MR) is 114 cm³/mol. The molecule has 2 amide bonds. The van der Waals surface area contributed by atoms with Gasteiger partial charge in [0.2, 0.25) is 0 Å². The van der Waals surface area contributed by atoms with Crippen molar-refractivity contribution in [1.82, 2.24) is 4.90 Å². The van der Waals surface area contributed by atoms with Crippen molar-refractivity contribution in [2.75, 3.05) is 19.5 Å². The van der Waals surface area contributed by atoms with Gasteiger partial charge in [0.15, 0.2) is 0 Å². The summed E-state index contributed by atoms with van der Waals surface area (Å²) in [5.74, 6) is -0.946. The average Bonchev–Trinajstić information content (AvgIpc) is 2.79. The van der Waals surface area contributed by atoms with Crippen molar-refractivity contribution in [3.63, 3.8) is 0 Å². The minimum absolute atomic E-state index is 0.141. The van der Waals surface area contributed by atoms with E-state index in [-0.39, 0.29) is 11.8 Å². The van der Waals surface area contributed by atoms with E-state index in [2.05, 4.69) is 10.1 Å². The van der Waals surface area contributed by atoms with Gasteiger partial charge in [-0.3, -0.25) is 9.59 Å². The van der Waals surface area contributed by atoms with Crippen LogP contribution < -0.4 is 5.32 Å². The fraction of sp³-hybridized carbons (Fsp3) is 0.125. The molecule has 0 aliphatic rings. The standard InChI is InChI=1S/C24H22N2O4/c1-26(16-17-7-4-3-5-8-17)23(28)20-9-6-10-21(15-20)25-22(27)18-11-13-19(14-12-18)24(29)30-2/h3-15H,16H2,1-2H3,(H,25,27). The molecule has 6 heteroatoms. The summed E-state index contributed by atoms with van der Waals surface area (Å²) in [5.41, 5.74) is 2.78. The highest BCUT2D eigenvalue weighted by molar-refractivity contribution is 6.05. The van der Waals surface area contributed by atoms with E-state index in [1.807, 2.05) is 30.3 Å². The molecule has 0 aromatic heterocycles. The number of nitrogens with zero attached hydrogens (tertiary/aromatic N) is 1. The Morgan fingerprint density at radius 1 is 0.833 bits per heavy atom. The molecule has 0 aliphatic heterocycles. The van der Waals surface area contributed by atoms with E-state index in [0.717, 1.165) is 5.56 Å². The minimum atomic E-state index is -0.465. The van der Waals surface area contributed by atoms with Crippen LogP contribution in [0.1, 0.15) is 36.6 Å². The van der Waals surface area contributed by atoms with Gasteiger partial charge in [-0.15, -0.1) is 0 Å². The predicted octanol–water partition coefficient (Wildman–Crippen LogP) is 4.00. The largest absolute Gasteiger partial charge is 0.465 e. The number of rotatable bonds is 6. The molecule has 6 nitrogen and oxygen atoms in total. The Morgan fingerprint density at radius 2 is 1.50 bits per heavy atom. The van der Waals surface area contributed by atoms with E-state index in [1.54, 1.807) is 48.3 Å². The maximum atomic E-state index is 12.8. The van der Waals surface area contributed by atoms with Gasteiger partial charge in [0.05, 0.1) is 12.7 Å². The van der Waals surface area contributed by atoms with Gasteiger partial charge in [0.1, 0.15) is 0 Å². The maximum absolute atomic E-state index is 12.8. The monoisotopic (exact) mass is 402 g/mol. The van der Waals surface area contributed by atoms with E-state index in [4.69, 9.17) is 0 Å². The molecule has 0 saturated heterocycles. The zero-order valence-electron chi connectivity index (χ0n) is 16.8. The van der Waals surface area contributed by atoms with Gasteiger partial charge in [0, 0.05) is 30.4 Å². The zero-order chi connectivity index (χ0) is 21.5. The number of hydrogen-bond donors (Lipinski definition) is 1. The Bertz CT molecular complexity index is 1050. The summed E-state index contributed by atoms with van der Waals surface area (Å²) < 4.78 is 4.65. The van der Waals surface area contributed by atoms with Crippen LogP contribution in [-0.4, -0.2) is 36.8 Å². The second-order valence-corrected chi connectivity index (χ2v) is 6.75. The molecule has 0 unspecified atom stereocenters. The molecule has 0 radical (unpaired) electrons. The van der Waals surface area contributed by atoms with Crippen molar-refractivity contribution >= 4 is 23.5 Å². The number of hydrogen-bond acceptors (Lipinski definition) is 4. The second kappa shape index (κ2) is 9.52. The number of esters is 1. The minimum Gasteiger partial charge on any atom is -0.465 e. The van der Waals surface area contributed by atoms with Crippen molar-refractivity contribution in [2.45, 2.75) is 6.54 Å². The van der Waals surface area contributed by atoms with Gasteiger partial charge in [-0.2, -0.15) is 0 Å². The third-order valence-corrected chi connectivity index (χ3v) is 4.54. The smallest absolute Gasteiger partial charge is 0.337 e. The molecule has 3 aromatic rings. The van der Waals surface area contributed by atoms with Crippen LogP contribution in [0, 0.1) is 0 Å². The molecule has 0 saturated carbocycles. The first-order chi connectivity index (χ1) is 14.5. The number of amides is 2. The highest BCUT2D eigenvalue weighted by Gasteiger charge is 2.14. The molecule has 3 aromatic carbocycles. The lowest BCUT2D eigenvalue weighted by atomic mass is 10.1. The third-order valence-electron chi connectivity index (χ3n) is 4.54. The molecule has 3 rings (SSSR count). The Balaban J connectivity index is 1.68. The van der Waals surface area contributed by atoms with E-state index >= 15 is 0 Å². The summed E-state index contributed by atoms with van der Waals surface area (Å²) in [7, 11) is 3.04. The van der Waals surface area contributed by atoms with Gasteiger partial charge in [-0.25, -0.2) is 4.79 Å². The summed E-state index contributed by atoms with van der Waals surface area (Å²) in [6.07, 6.45) is 0. The van der Waals surface area contributed by atoms with Crippen LogP contribution in [0.3, 0.4) is 0 Å². The van der Waals surface area contributed by atoms with Gasteiger partial charge < -0.3 is 15.0 Å². The number of anilines is 1. The third kappa shape index (κ3) is 5.11. The first kappa shape index (κ1) is 20.8. The van der Waals surface area contributed by atoms with Crippen LogP contribution in [0.15, 0.2) is 78.9 Å². The van der Waals surface area contributed by atoms with Gasteiger partial charge in [0.25, 0.3) is 11.8 Å². The molecule has 1 N–H and O–H groups in total. The lowest BCUT2D eigenvalue weighted by Crippen LogP contribution is -2.26. The van der Waals surface area contributed by atoms with Crippen molar-refractivity contribution < 1.29 is 19.1 Å². The van der Waals surface area contributed by atoms with E-state index < -0.39 is 5.97 Å². The van der Waals surface area contributed by atoms with Crippen LogP contribution in [0.25, 0.3) is 0 Å². The molecule has 0 aliphatic carbocycles. The molecule has 0 heterocycles. The Kier molecular flexibility index (Phi) is 6.60. The molecule has 0 bridgehead atoms. The van der Waals surface area contributed by atoms with Gasteiger partial charge >= 0.3 is 5.97 Å². The van der Waals surface area contributed by atoms with Gasteiger partial charge in [-0.05, 0) is 48.0 Å². The molecule has 30 heavy (non-hydrogen) atoms. The normalized spacial score (nSPS) is 10.2. The number of carbonyl (C=O) groups is 3. The fourth-order valence-corrected chi connectivity index (χ4v) is 2.96. The summed E-state index contributed by atoms with van der Waals surface area (Å²) >= 11 is 0. The van der Waals surface area contributed by atoms with E-state index in [0.29, 0.717) is 28.9 Å². The van der Waals surface area contributed by atoms with Crippen LogP contribution in [0.5, 0.6) is 0 Å². The highest BCUT2D eigenvalue weighted by Crippen LogP contribution is 2.15. The Labute approximate surface area is 175 Å². The molecular weight excluding hydrogens is 380 g/mol. The number of ether oxygens (including phenoxy) is 1. The summed E-state index contributed by atoms with van der Waals surface area (Å²) in [5, 5.41) is 2.78. The van der Waals surface area contributed by atoms with Crippen molar-refractivity contribution in [2.24, 2.45) is 0 Å². The summed E-state index contributed by atoms with van der Waals surface area (Å²) in [6, 6.07) is 22.7. The number of benzene rings is 3. The zero-order valence-corrected chi connectivity index (χ0v) is 16.8. The number of nitrogens with one attached hydrogen (secondary N) is 1. The fourth-order valence-electron chi connectivity index (χ4n) is 2.96. The molecule has 0 spiro atoms. The lowest BCUT2D eigenvalue weighted by Gasteiger charge is -2.18. The lowest BCUT2D eigenvalue weighted by molar-refractivity contribution is 0.0600. The quantitative estimate of drug-likeness (QED) is 0.633. The SMILES string of the molecule is COC(=O)c1ccc(C(=O)Nc2cccc(C(=O)N(C)Cc3ccccc3)c2)cc1. The van der Waals surface area contributed by atoms with Crippen LogP contribution in [-0.2, 0) is 11.3 Å². The van der Waals surface area contributed by atoms with Crippen molar-refractivity contribution in [3.8, 4) is 0 Å². The number of methoxy groups -OCH3 is 1. The number of carbonyl (C=O) groups excluding carboxylic acids is 3. The molecule has 0 atom stereocenters. The van der Waals surface area contributed by atoms with Gasteiger partial charge in [-0.1, -0.05) is 36.4 Å². The van der Waals surface area contributed by atoms with Crippen LogP contribution >= 0.6 is 0 Å². The van der Waals surface area contributed by atoms with Crippen molar-refractivity contribution in [3.05, 3.63) is 101 Å². The second-order valence-electron chi connectivity index (χ2n) is 6.75. The van der Waals surface area contributed by atoms with Crippen LogP contribution in [0.2, 0.25) is 0 Å². The van der Waals surface area contributed by atoms with Crippen molar-refractivity contribution in [1.29, 1.82) is 0 Å². The van der Waals surface area contributed by atoms with E-state index in [9.17, 15) is 14.4 Å². The Hall–Kier alpha value is -3.93. The first-order valence-corrected chi connectivity index (χ1v) is 9.37. The van der Waals surface area contributed by atoms with E-state index in [1.165, 1.54) is 19.2 Å². The molecule has 0 fully saturated rings. The van der Waals surface area contributed by atoms with Crippen LogP contribution in [0.4, 0.5) is 5.69 Å². The summed E-state index contributed by atoms with van der Waals surface area (Å²) in [4.78, 5) is 38.4. The highest BCUT2D eigenvalue weighted by atomic mass is 16.5. The molecular formula is C24H22N2O4. The maximum Gasteiger partial charge on any atom is 0.337 e.